The van der Waals surface area contributed by atoms with E-state index in [0.29, 0.717) is 0 Å². The highest BCUT2D eigenvalue weighted by molar-refractivity contribution is 5.84. The van der Waals surface area contributed by atoms with E-state index in [0.717, 1.165) is 11.9 Å². The molecule has 0 unspecified atom stereocenters. The van der Waals surface area contributed by atoms with E-state index in [-0.39, 0.29) is 0 Å². The standard InChI is InChI=1S/C15H12N2/c1-10-6-7-14-11(8-10)9-15-12-4-2-3-5-13(12)16-17(14)15/h2-8H,9H2,1H3. The summed E-state index contributed by atoms with van der Waals surface area (Å²) in [6.45, 7) is 2.14. The van der Waals surface area contributed by atoms with Gasteiger partial charge in [0, 0.05) is 11.8 Å². The Labute approximate surface area is 99.5 Å². The molecule has 0 aliphatic carbocycles. The normalized spacial score (nSPS) is 12.8. The number of fused-ring (bicyclic) bond motifs is 5. The van der Waals surface area contributed by atoms with Crippen molar-refractivity contribution in [1.82, 2.24) is 9.78 Å². The molecule has 1 aliphatic heterocycles. The van der Waals surface area contributed by atoms with Crippen LogP contribution in [-0.2, 0) is 6.42 Å². The number of hydrogen-bond acceptors (Lipinski definition) is 1. The first-order valence-electron chi connectivity index (χ1n) is 5.89. The van der Waals surface area contributed by atoms with Crippen molar-refractivity contribution in [3.8, 4) is 5.69 Å². The van der Waals surface area contributed by atoms with Crippen LogP contribution in [-0.4, -0.2) is 9.78 Å². The lowest BCUT2D eigenvalue weighted by molar-refractivity contribution is 0.885. The summed E-state index contributed by atoms with van der Waals surface area (Å²) in [5.41, 5.74) is 6.36. The Morgan fingerprint density at radius 1 is 1.12 bits per heavy atom. The van der Waals surface area contributed by atoms with E-state index in [1.165, 1.54) is 27.9 Å². The maximum absolute atomic E-state index is 4.68. The molecule has 0 radical (unpaired) electrons. The van der Waals surface area contributed by atoms with E-state index in [4.69, 9.17) is 0 Å². The number of aryl methyl sites for hydroxylation is 1. The van der Waals surface area contributed by atoms with Gasteiger partial charge in [-0.15, -0.1) is 0 Å². The van der Waals surface area contributed by atoms with Crippen molar-refractivity contribution in [3.63, 3.8) is 0 Å². The zero-order valence-electron chi connectivity index (χ0n) is 9.64. The number of hydrogen-bond donors (Lipinski definition) is 0. The molecule has 0 bridgehead atoms. The molecular weight excluding hydrogens is 208 g/mol. The van der Waals surface area contributed by atoms with Gasteiger partial charge in [-0.3, -0.25) is 0 Å². The maximum atomic E-state index is 4.68. The first-order chi connectivity index (χ1) is 8.33. The Morgan fingerprint density at radius 2 is 2.00 bits per heavy atom. The van der Waals surface area contributed by atoms with Crippen LogP contribution in [0.2, 0.25) is 0 Å². The first kappa shape index (κ1) is 8.99. The van der Waals surface area contributed by atoms with Crippen LogP contribution in [0, 0.1) is 6.92 Å². The minimum Gasteiger partial charge on any atom is -0.236 e. The van der Waals surface area contributed by atoms with Crippen LogP contribution in [0.4, 0.5) is 0 Å². The molecule has 1 aliphatic rings. The van der Waals surface area contributed by atoms with Crippen molar-refractivity contribution >= 4 is 10.9 Å². The van der Waals surface area contributed by atoms with Crippen molar-refractivity contribution in [2.45, 2.75) is 13.3 Å². The van der Waals surface area contributed by atoms with Crippen LogP contribution in [0.5, 0.6) is 0 Å². The average molecular weight is 220 g/mol. The zero-order chi connectivity index (χ0) is 11.4. The van der Waals surface area contributed by atoms with Crippen molar-refractivity contribution in [1.29, 1.82) is 0 Å². The Kier molecular flexibility index (Phi) is 1.57. The molecule has 2 nitrogen and oxygen atoms in total. The molecule has 17 heavy (non-hydrogen) atoms. The van der Waals surface area contributed by atoms with Gasteiger partial charge < -0.3 is 0 Å². The van der Waals surface area contributed by atoms with Crippen LogP contribution in [0.1, 0.15) is 16.8 Å². The van der Waals surface area contributed by atoms with Crippen molar-refractivity contribution in [3.05, 3.63) is 59.3 Å². The lowest BCUT2D eigenvalue weighted by Gasteiger charge is -2.01. The molecule has 0 saturated heterocycles. The van der Waals surface area contributed by atoms with E-state index in [1.807, 2.05) is 6.07 Å². The van der Waals surface area contributed by atoms with E-state index in [9.17, 15) is 0 Å². The number of aromatic nitrogens is 2. The topological polar surface area (TPSA) is 17.8 Å². The number of nitrogens with zero attached hydrogens (tertiary/aromatic N) is 2. The minimum atomic E-state index is 0.998. The van der Waals surface area contributed by atoms with E-state index in [1.54, 1.807) is 0 Å². The van der Waals surface area contributed by atoms with Gasteiger partial charge in [0.05, 0.1) is 16.9 Å². The second kappa shape index (κ2) is 2.98. The second-order valence-electron chi connectivity index (χ2n) is 4.68. The van der Waals surface area contributed by atoms with Crippen LogP contribution in [0.3, 0.4) is 0 Å². The summed E-state index contributed by atoms with van der Waals surface area (Å²) in [6.07, 6.45) is 0.998. The van der Waals surface area contributed by atoms with Gasteiger partial charge in [-0.2, -0.15) is 5.10 Å². The van der Waals surface area contributed by atoms with Gasteiger partial charge in [-0.1, -0.05) is 35.9 Å². The molecule has 0 saturated carbocycles. The molecular formula is C15H12N2. The Bertz CT molecular complexity index is 738. The quantitative estimate of drug-likeness (QED) is 0.445. The Morgan fingerprint density at radius 3 is 2.94 bits per heavy atom. The number of rotatable bonds is 0. The largest absolute Gasteiger partial charge is 0.236 e. The highest BCUT2D eigenvalue weighted by Crippen LogP contribution is 2.32. The molecule has 2 heteroatoms. The van der Waals surface area contributed by atoms with E-state index >= 15 is 0 Å². The molecule has 0 amide bonds. The number of benzene rings is 2. The van der Waals surface area contributed by atoms with Crippen molar-refractivity contribution in [2.75, 3.05) is 0 Å². The lowest BCUT2D eigenvalue weighted by Crippen LogP contribution is -1.93. The highest BCUT2D eigenvalue weighted by atomic mass is 15.3. The summed E-state index contributed by atoms with van der Waals surface area (Å²) in [6, 6.07) is 15.0. The van der Waals surface area contributed by atoms with Gasteiger partial charge in [-0.25, -0.2) is 4.68 Å². The molecule has 0 spiro atoms. The van der Waals surface area contributed by atoms with Gasteiger partial charge in [0.1, 0.15) is 0 Å². The highest BCUT2D eigenvalue weighted by Gasteiger charge is 2.21. The maximum Gasteiger partial charge on any atom is 0.0930 e. The second-order valence-corrected chi connectivity index (χ2v) is 4.68. The minimum absolute atomic E-state index is 0.998. The molecule has 0 fully saturated rings. The predicted molar refractivity (Wildman–Crippen MR) is 68.6 cm³/mol. The smallest absolute Gasteiger partial charge is 0.0930 e. The fourth-order valence-corrected chi connectivity index (χ4v) is 2.70. The molecule has 2 heterocycles. The molecule has 1 aromatic heterocycles. The third-order valence-corrected chi connectivity index (χ3v) is 3.50. The summed E-state index contributed by atoms with van der Waals surface area (Å²) in [4.78, 5) is 0. The summed E-state index contributed by atoms with van der Waals surface area (Å²) in [5, 5.41) is 5.96. The van der Waals surface area contributed by atoms with Crippen LogP contribution >= 0.6 is 0 Å². The fraction of sp³-hybridized carbons (Fsp3) is 0.133. The molecule has 0 atom stereocenters. The summed E-state index contributed by atoms with van der Waals surface area (Å²) < 4.78 is 2.10. The average Bonchev–Trinajstić information content (AvgIpc) is 2.84. The van der Waals surface area contributed by atoms with Gasteiger partial charge in [0.2, 0.25) is 0 Å². The van der Waals surface area contributed by atoms with Gasteiger partial charge in [0.15, 0.2) is 0 Å². The van der Waals surface area contributed by atoms with Crippen LogP contribution in [0.25, 0.3) is 16.6 Å². The summed E-state index contributed by atoms with van der Waals surface area (Å²) >= 11 is 0. The van der Waals surface area contributed by atoms with Gasteiger partial charge >= 0.3 is 0 Å². The molecule has 82 valence electrons. The molecule has 0 N–H and O–H groups in total. The van der Waals surface area contributed by atoms with Gasteiger partial charge in [-0.05, 0) is 24.6 Å². The van der Waals surface area contributed by atoms with Gasteiger partial charge in [0.25, 0.3) is 0 Å². The lowest BCUT2D eigenvalue weighted by atomic mass is 10.1. The fourth-order valence-electron chi connectivity index (χ4n) is 2.70. The van der Waals surface area contributed by atoms with Crippen molar-refractivity contribution < 1.29 is 0 Å². The first-order valence-corrected chi connectivity index (χ1v) is 5.89. The third kappa shape index (κ3) is 1.12. The Hall–Kier alpha value is -2.09. The zero-order valence-corrected chi connectivity index (χ0v) is 9.64. The van der Waals surface area contributed by atoms with Crippen LogP contribution < -0.4 is 0 Å². The Balaban J connectivity index is 2.06. The van der Waals surface area contributed by atoms with E-state index in [2.05, 4.69) is 53.1 Å². The SMILES string of the molecule is Cc1ccc2c(c1)Cc1c3ccccc3nn1-2. The summed E-state index contributed by atoms with van der Waals surface area (Å²) in [7, 11) is 0. The predicted octanol–water partition coefficient (Wildman–Crippen LogP) is 3.24. The monoisotopic (exact) mass is 220 g/mol. The molecule has 3 aromatic rings. The third-order valence-electron chi connectivity index (χ3n) is 3.50. The van der Waals surface area contributed by atoms with E-state index < -0.39 is 0 Å². The summed E-state index contributed by atoms with van der Waals surface area (Å²) in [5.74, 6) is 0. The van der Waals surface area contributed by atoms with Crippen molar-refractivity contribution in [2.24, 2.45) is 0 Å². The van der Waals surface area contributed by atoms with Crippen LogP contribution in [0.15, 0.2) is 42.5 Å². The molecule has 2 aromatic carbocycles. The molecule has 4 rings (SSSR count).